The third kappa shape index (κ3) is 4.33. The number of carbonyl (C=O) groups excluding carboxylic acids is 1. The van der Waals surface area contributed by atoms with Crippen molar-refractivity contribution in [2.24, 2.45) is 39.7 Å². The van der Waals surface area contributed by atoms with Crippen LogP contribution in [0, 0.1) is 34.5 Å². The normalized spacial score (nSPS) is 39.8. The Kier molecular flexibility index (Phi) is 6.64. The molecule has 4 aliphatic rings. The second kappa shape index (κ2) is 9.05. The molecule has 3 fully saturated rings. The summed E-state index contributed by atoms with van der Waals surface area (Å²) >= 11 is 0. The molecule has 4 rings (SSSR count). The Morgan fingerprint density at radius 3 is 2.61 bits per heavy atom. The predicted molar refractivity (Wildman–Crippen MR) is 126 cm³/mol. The monoisotopic (exact) mass is 460 g/mol. The molecule has 7 atom stereocenters. The van der Waals surface area contributed by atoms with Crippen LogP contribution in [0.15, 0.2) is 16.8 Å². The van der Waals surface area contributed by atoms with E-state index in [0.29, 0.717) is 17.8 Å². The van der Waals surface area contributed by atoms with Gasteiger partial charge in [-0.25, -0.2) is 4.79 Å². The summed E-state index contributed by atoms with van der Waals surface area (Å²) in [6, 6.07) is -0.931. The van der Waals surface area contributed by atoms with Crippen LogP contribution in [-0.2, 0) is 14.4 Å². The van der Waals surface area contributed by atoms with Gasteiger partial charge < -0.3 is 20.4 Å². The SMILES string of the molecule is CC(C)C(NC(=O)CON=C1C=C2CCC3C4CCC(O)[C@@]4(C)CCC3[C@@]2(C)CC1)C(=O)O. The van der Waals surface area contributed by atoms with Crippen molar-refractivity contribution >= 4 is 17.6 Å². The van der Waals surface area contributed by atoms with E-state index in [1.54, 1.807) is 13.8 Å². The van der Waals surface area contributed by atoms with Gasteiger partial charge in [0.15, 0.2) is 6.61 Å². The van der Waals surface area contributed by atoms with Gasteiger partial charge in [0.2, 0.25) is 0 Å². The smallest absolute Gasteiger partial charge is 0.326 e. The number of aliphatic hydroxyl groups excluding tert-OH is 1. The Morgan fingerprint density at radius 2 is 1.91 bits per heavy atom. The molecule has 1 amide bonds. The van der Waals surface area contributed by atoms with Gasteiger partial charge in [0.1, 0.15) is 6.04 Å². The number of carboxylic acid groups (broad SMARTS) is 1. The number of hydrogen-bond acceptors (Lipinski definition) is 5. The van der Waals surface area contributed by atoms with Gasteiger partial charge in [-0.3, -0.25) is 4.79 Å². The fourth-order valence-corrected chi connectivity index (χ4v) is 7.52. The molecule has 5 unspecified atom stereocenters. The average Bonchev–Trinajstić information content (AvgIpc) is 3.06. The highest BCUT2D eigenvalue weighted by molar-refractivity contribution is 5.96. The van der Waals surface area contributed by atoms with E-state index in [1.165, 1.54) is 18.4 Å². The Bertz CT molecular complexity index is 852. The van der Waals surface area contributed by atoms with Crippen LogP contribution in [0.5, 0.6) is 0 Å². The van der Waals surface area contributed by atoms with Crippen LogP contribution in [0.4, 0.5) is 0 Å². The Hall–Kier alpha value is -1.89. The molecular formula is C26H40N2O5. The summed E-state index contributed by atoms with van der Waals surface area (Å²) < 4.78 is 0. The van der Waals surface area contributed by atoms with Crippen LogP contribution in [0.2, 0.25) is 0 Å². The van der Waals surface area contributed by atoms with E-state index < -0.39 is 17.9 Å². The maximum atomic E-state index is 12.1. The molecule has 33 heavy (non-hydrogen) atoms. The lowest BCUT2D eigenvalue weighted by molar-refractivity contribution is -0.143. The van der Waals surface area contributed by atoms with E-state index in [9.17, 15) is 19.8 Å². The van der Waals surface area contributed by atoms with Crippen molar-refractivity contribution in [3.05, 3.63) is 11.6 Å². The third-order valence-electron chi connectivity index (χ3n) is 9.55. The molecule has 0 aromatic carbocycles. The zero-order valence-electron chi connectivity index (χ0n) is 20.5. The molecule has 4 aliphatic carbocycles. The van der Waals surface area contributed by atoms with Crippen LogP contribution in [0.25, 0.3) is 0 Å². The Morgan fingerprint density at radius 1 is 1.15 bits per heavy atom. The van der Waals surface area contributed by atoms with E-state index >= 15 is 0 Å². The second-order valence-electron chi connectivity index (χ2n) is 11.6. The number of carboxylic acids is 1. The third-order valence-corrected chi connectivity index (χ3v) is 9.55. The molecule has 184 valence electrons. The highest BCUT2D eigenvalue weighted by atomic mass is 16.6. The van der Waals surface area contributed by atoms with E-state index in [4.69, 9.17) is 4.84 Å². The standard InChI is InChI=1S/C26H40N2O5/c1-15(2)23(24(31)32)27-22(30)14-33-28-17-9-11-25(3)16(13-17)5-6-18-19-7-8-21(29)26(19,4)12-10-20(18)25/h13,15,18-21,23,29H,5-12,14H2,1-4H3,(H,27,30)(H,31,32)/t18?,19?,20?,21?,23?,25-,26-/m0/s1. The lowest BCUT2D eigenvalue weighted by atomic mass is 9.47. The minimum Gasteiger partial charge on any atom is -0.480 e. The number of hydrogen-bond donors (Lipinski definition) is 3. The molecule has 0 aromatic heterocycles. The zero-order chi connectivity index (χ0) is 24.0. The van der Waals surface area contributed by atoms with Crippen molar-refractivity contribution in [1.82, 2.24) is 5.32 Å². The number of rotatable bonds is 6. The fraction of sp³-hybridized carbons (Fsp3) is 0.808. The quantitative estimate of drug-likeness (QED) is 0.521. The number of aliphatic carboxylic acids is 1. The number of oxime groups is 1. The minimum atomic E-state index is -1.05. The number of amides is 1. The largest absolute Gasteiger partial charge is 0.480 e. The zero-order valence-corrected chi connectivity index (χ0v) is 20.5. The van der Waals surface area contributed by atoms with Crippen molar-refractivity contribution in [3.63, 3.8) is 0 Å². The van der Waals surface area contributed by atoms with Gasteiger partial charge in [-0.05, 0) is 91.9 Å². The molecule has 7 heteroatoms. The van der Waals surface area contributed by atoms with E-state index in [2.05, 4.69) is 30.4 Å². The number of fused-ring (bicyclic) bond motifs is 5. The molecule has 0 radical (unpaired) electrons. The molecule has 0 saturated heterocycles. The molecule has 7 nitrogen and oxygen atoms in total. The molecular weight excluding hydrogens is 420 g/mol. The number of nitrogens with zero attached hydrogens (tertiary/aromatic N) is 1. The summed E-state index contributed by atoms with van der Waals surface area (Å²) in [4.78, 5) is 28.6. The lowest BCUT2D eigenvalue weighted by Crippen LogP contribution is -2.51. The molecule has 0 spiro atoms. The molecule has 0 aromatic rings. The van der Waals surface area contributed by atoms with E-state index in [1.807, 2.05) is 0 Å². The maximum absolute atomic E-state index is 12.1. The van der Waals surface area contributed by atoms with Gasteiger partial charge in [-0.1, -0.05) is 38.4 Å². The van der Waals surface area contributed by atoms with Crippen LogP contribution in [0.1, 0.15) is 79.1 Å². The number of nitrogens with one attached hydrogen (secondary N) is 1. The topological polar surface area (TPSA) is 108 Å². The van der Waals surface area contributed by atoms with Gasteiger partial charge in [-0.2, -0.15) is 0 Å². The van der Waals surface area contributed by atoms with Crippen molar-refractivity contribution in [3.8, 4) is 0 Å². The summed E-state index contributed by atoms with van der Waals surface area (Å²) in [6.45, 7) is 7.96. The molecule has 0 aliphatic heterocycles. The first-order chi connectivity index (χ1) is 15.6. The van der Waals surface area contributed by atoms with Gasteiger partial charge in [0.05, 0.1) is 11.8 Å². The van der Waals surface area contributed by atoms with Gasteiger partial charge >= 0.3 is 5.97 Å². The fourth-order valence-electron chi connectivity index (χ4n) is 7.52. The predicted octanol–water partition coefficient (Wildman–Crippen LogP) is 3.91. The molecule has 0 heterocycles. The summed E-state index contributed by atoms with van der Waals surface area (Å²) in [7, 11) is 0. The van der Waals surface area contributed by atoms with Crippen LogP contribution in [0.3, 0.4) is 0 Å². The first kappa shape index (κ1) is 24.2. The molecule has 0 bridgehead atoms. The average molecular weight is 461 g/mol. The maximum Gasteiger partial charge on any atom is 0.326 e. The first-order valence-electron chi connectivity index (χ1n) is 12.7. The van der Waals surface area contributed by atoms with Gasteiger partial charge in [-0.15, -0.1) is 0 Å². The number of allylic oxidation sites excluding steroid dienone is 2. The molecule has 3 N–H and O–H groups in total. The number of aliphatic hydroxyl groups is 1. The highest BCUT2D eigenvalue weighted by Crippen LogP contribution is 2.65. The summed E-state index contributed by atoms with van der Waals surface area (Å²) in [6.07, 6.45) is 10.6. The highest BCUT2D eigenvalue weighted by Gasteiger charge is 2.58. The number of carbonyl (C=O) groups is 2. The van der Waals surface area contributed by atoms with E-state index in [-0.39, 0.29) is 29.5 Å². The Labute approximate surface area is 197 Å². The summed E-state index contributed by atoms with van der Waals surface area (Å²) in [5.74, 6) is 0.272. The van der Waals surface area contributed by atoms with Crippen LogP contribution in [-0.4, -0.2) is 46.6 Å². The van der Waals surface area contributed by atoms with Crippen LogP contribution >= 0.6 is 0 Å². The van der Waals surface area contributed by atoms with Crippen LogP contribution < -0.4 is 5.32 Å². The lowest BCUT2D eigenvalue weighted by Gasteiger charge is -2.57. The molecule has 3 saturated carbocycles. The Balaban J connectivity index is 1.39. The van der Waals surface area contributed by atoms with Gasteiger partial charge in [0, 0.05) is 0 Å². The first-order valence-corrected chi connectivity index (χ1v) is 12.7. The van der Waals surface area contributed by atoms with Crippen molar-refractivity contribution in [2.75, 3.05) is 6.61 Å². The van der Waals surface area contributed by atoms with Crippen molar-refractivity contribution < 1.29 is 24.6 Å². The van der Waals surface area contributed by atoms with Crippen molar-refractivity contribution in [2.45, 2.75) is 91.2 Å². The van der Waals surface area contributed by atoms with Crippen molar-refractivity contribution in [1.29, 1.82) is 0 Å². The second-order valence-corrected chi connectivity index (χ2v) is 11.6. The summed E-state index contributed by atoms with van der Waals surface area (Å²) in [5, 5.41) is 26.6. The van der Waals surface area contributed by atoms with Gasteiger partial charge in [0.25, 0.3) is 5.91 Å². The minimum absolute atomic E-state index is 0.101. The van der Waals surface area contributed by atoms with E-state index in [0.717, 1.165) is 44.2 Å². The summed E-state index contributed by atoms with van der Waals surface area (Å²) in [5.41, 5.74) is 2.60.